The van der Waals surface area contributed by atoms with Gasteiger partial charge in [-0.05, 0) is 6.92 Å². The van der Waals surface area contributed by atoms with Gasteiger partial charge >= 0.3 is 0 Å². The molecule has 7 nitrogen and oxygen atoms in total. The summed E-state index contributed by atoms with van der Waals surface area (Å²) in [6.45, 7) is 8.32. The number of morpholine rings is 1. The number of nitrogens with zero attached hydrogens (tertiary/aromatic N) is 3. The van der Waals surface area contributed by atoms with Crippen LogP contribution in [0.2, 0.25) is 0 Å². The van der Waals surface area contributed by atoms with Crippen molar-refractivity contribution in [3.05, 3.63) is 17.5 Å². The zero-order valence-electron chi connectivity index (χ0n) is 13.1. The minimum absolute atomic E-state index is 0.0245. The minimum Gasteiger partial charge on any atom is -0.375 e. The third-order valence-electron chi connectivity index (χ3n) is 4.19. The van der Waals surface area contributed by atoms with Gasteiger partial charge in [-0.1, -0.05) is 5.16 Å². The molecule has 7 heteroatoms. The van der Waals surface area contributed by atoms with E-state index in [9.17, 15) is 4.79 Å². The Balaban J connectivity index is 1.41. The molecule has 0 aliphatic carbocycles. The summed E-state index contributed by atoms with van der Waals surface area (Å²) in [5, 5.41) is 7.16. The van der Waals surface area contributed by atoms with Crippen LogP contribution in [0.15, 0.2) is 10.6 Å². The molecule has 2 saturated heterocycles. The minimum atomic E-state index is 0.0245. The molecule has 22 heavy (non-hydrogen) atoms. The van der Waals surface area contributed by atoms with Crippen LogP contribution in [-0.2, 0) is 16.1 Å². The maximum absolute atomic E-state index is 12.3. The summed E-state index contributed by atoms with van der Waals surface area (Å²) in [6, 6.07) is 1.96. The van der Waals surface area contributed by atoms with E-state index in [4.69, 9.17) is 9.26 Å². The largest absolute Gasteiger partial charge is 0.375 e. The van der Waals surface area contributed by atoms with Crippen LogP contribution >= 0.6 is 0 Å². The lowest BCUT2D eigenvalue weighted by Gasteiger charge is -2.35. The van der Waals surface area contributed by atoms with Crippen LogP contribution in [0.4, 0.5) is 0 Å². The molecule has 3 heterocycles. The van der Waals surface area contributed by atoms with Crippen LogP contribution in [0.25, 0.3) is 0 Å². The average Bonchev–Trinajstić information content (AvgIpc) is 2.94. The topological polar surface area (TPSA) is 70.8 Å². The predicted molar refractivity (Wildman–Crippen MR) is 80.3 cm³/mol. The molecule has 0 saturated carbocycles. The SMILES string of the molecule is Cc1cc(CN2CCN(C(=O)CC3CNCCO3)CC2)on1. The lowest BCUT2D eigenvalue weighted by Crippen LogP contribution is -2.50. The molecule has 3 rings (SSSR count). The fourth-order valence-electron chi connectivity index (χ4n) is 2.94. The van der Waals surface area contributed by atoms with Crippen LogP contribution in [0, 0.1) is 6.92 Å². The van der Waals surface area contributed by atoms with Crippen molar-refractivity contribution < 1.29 is 14.1 Å². The van der Waals surface area contributed by atoms with E-state index < -0.39 is 0 Å². The number of nitrogens with one attached hydrogen (secondary N) is 1. The molecule has 0 radical (unpaired) electrons. The van der Waals surface area contributed by atoms with Gasteiger partial charge in [-0.2, -0.15) is 0 Å². The lowest BCUT2D eigenvalue weighted by molar-refractivity contribution is -0.136. The molecule has 2 aliphatic rings. The Kier molecular flexibility index (Phi) is 5.07. The molecule has 0 aromatic carbocycles. The number of piperazine rings is 1. The third-order valence-corrected chi connectivity index (χ3v) is 4.19. The Bertz CT molecular complexity index is 491. The zero-order chi connectivity index (χ0) is 15.4. The first kappa shape index (κ1) is 15.5. The molecule has 1 atom stereocenters. The lowest BCUT2D eigenvalue weighted by atomic mass is 10.2. The summed E-state index contributed by atoms with van der Waals surface area (Å²) in [5.74, 6) is 1.09. The smallest absolute Gasteiger partial charge is 0.225 e. The maximum Gasteiger partial charge on any atom is 0.225 e. The van der Waals surface area contributed by atoms with Crippen LogP contribution in [0.1, 0.15) is 17.9 Å². The van der Waals surface area contributed by atoms with Crippen molar-refractivity contribution in [1.82, 2.24) is 20.3 Å². The number of carbonyl (C=O) groups is 1. The van der Waals surface area contributed by atoms with Crippen molar-refractivity contribution in [1.29, 1.82) is 0 Å². The summed E-state index contributed by atoms with van der Waals surface area (Å²) in [4.78, 5) is 16.5. The Morgan fingerprint density at radius 1 is 1.41 bits per heavy atom. The summed E-state index contributed by atoms with van der Waals surface area (Å²) in [6.07, 6.45) is 0.505. The molecule has 1 aromatic rings. The monoisotopic (exact) mass is 308 g/mol. The van der Waals surface area contributed by atoms with E-state index in [-0.39, 0.29) is 12.0 Å². The van der Waals surface area contributed by atoms with Crippen molar-refractivity contribution in [2.75, 3.05) is 45.9 Å². The predicted octanol–water partition coefficient (Wildman–Crippen LogP) is 0.00572. The van der Waals surface area contributed by atoms with Crippen molar-refractivity contribution >= 4 is 5.91 Å². The fraction of sp³-hybridized carbons (Fsp3) is 0.733. The molecular formula is C15H24N4O3. The molecule has 2 aliphatic heterocycles. The first-order valence-corrected chi connectivity index (χ1v) is 7.95. The molecule has 122 valence electrons. The second-order valence-electron chi connectivity index (χ2n) is 5.99. The van der Waals surface area contributed by atoms with E-state index in [0.29, 0.717) is 13.0 Å². The van der Waals surface area contributed by atoms with Crippen molar-refractivity contribution in [3.8, 4) is 0 Å². The molecule has 0 bridgehead atoms. The van der Waals surface area contributed by atoms with Gasteiger partial charge in [0.05, 0.1) is 31.4 Å². The molecule has 0 spiro atoms. The second kappa shape index (κ2) is 7.21. The fourth-order valence-corrected chi connectivity index (χ4v) is 2.94. The Morgan fingerprint density at radius 2 is 2.23 bits per heavy atom. The molecule has 2 fully saturated rings. The van der Waals surface area contributed by atoms with Crippen LogP contribution in [0.5, 0.6) is 0 Å². The van der Waals surface area contributed by atoms with Gasteiger partial charge in [0.2, 0.25) is 5.91 Å². The number of hydrogen-bond donors (Lipinski definition) is 1. The Hall–Kier alpha value is -1.44. The summed E-state index contributed by atoms with van der Waals surface area (Å²) in [7, 11) is 0. The van der Waals surface area contributed by atoms with Crippen molar-refractivity contribution in [3.63, 3.8) is 0 Å². The van der Waals surface area contributed by atoms with Crippen LogP contribution in [-0.4, -0.2) is 72.8 Å². The van der Waals surface area contributed by atoms with E-state index >= 15 is 0 Å². The first-order chi connectivity index (χ1) is 10.7. The number of carbonyl (C=O) groups excluding carboxylic acids is 1. The van der Waals surface area contributed by atoms with E-state index in [1.54, 1.807) is 0 Å². The Morgan fingerprint density at radius 3 is 2.86 bits per heavy atom. The third kappa shape index (κ3) is 4.06. The van der Waals surface area contributed by atoms with Gasteiger partial charge in [0.15, 0.2) is 5.76 Å². The highest BCUT2D eigenvalue weighted by atomic mass is 16.5. The molecule has 1 N–H and O–H groups in total. The first-order valence-electron chi connectivity index (χ1n) is 7.95. The molecule has 1 amide bonds. The highest BCUT2D eigenvalue weighted by molar-refractivity contribution is 5.76. The molecule has 1 unspecified atom stereocenters. The second-order valence-corrected chi connectivity index (χ2v) is 5.99. The number of ether oxygens (including phenoxy) is 1. The number of aryl methyl sites for hydroxylation is 1. The maximum atomic E-state index is 12.3. The van der Waals surface area contributed by atoms with Crippen LogP contribution in [0.3, 0.4) is 0 Å². The zero-order valence-corrected chi connectivity index (χ0v) is 13.1. The van der Waals surface area contributed by atoms with Gasteiger partial charge in [0.1, 0.15) is 0 Å². The normalized spacial score (nSPS) is 23.7. The number of aromatic nitrogens is 1. The summed E-state index contributed by atoms with van der Waals surface area (Å²) >= 11 is 0. The van der Waals surface area contributed by atoms with Gasteiger partial charge in [-0.15, -0.1) is 0 Å². The van der Waals surface area contributed by atoms with Gasteiger partial charge in [-0.25, -0.2) is 0 Å². The van der Waals surface area contributed by atoms with E-state index in [0.717, 1.165) is 57.3 Å². The highest BCUT2D eigenvalue weighted by Crippen LogP contribution is 2.12. The molecule has 1 aromatic heterocycles. The molecular weight excluding hydrogens is 284 g/mol. The number of rotatable bonds is 4. The summed E-state index contributed by atoms with van der Waals surface area (Å²) < 4.78 is 10.8. The number of hydrogen-bond acceptors (Lipinski definition) is 6. The van der Waals surface area contributed by atoms with E-state index in [1.165, 1.54) is 0 Å². The van der Waals surface area contributed by atoms with Gasteiger partial charge in [0.25, 0.3) is 0 Å². The van der Waals surface area contributed by atoms with E-state index in [1.807, 2.05) is 17.9 Å². The van der Waals surface area contributed by atoms with Crippen molar-refractivity contribution in [2.45, 2.75) is 26.0 Å². The van der Waals surface area contributed by atoms with E-state index in [2.05, 4.69) is 15.4 Å². The van der Waals surface area contributed by atoms with Gasteiger partial charge < -0.3 is 19.5 Å². The van der Waals surface area contributed by atoms with Crippen LogP contribution < -0.4 is 5.32 Å². The number of amides is 1. The summed E-state index contributed by atoms with van der Waals surface area (Å²) in [5.41, 5.74) is 0.907. The standard InChI is InChI=1S/C15H24N4O3/c1-12-8-14(22-17-12)11-18-3-5-19(6-4-18)15(20)9-13-10-16-2-7-21-13/h8,13,16H,2-7,9-11H2,1H3. The Labute approximate surface area is 130 Å². The van der Waals surface area contributed by atoms with Gasteiger partial charge in [0, 0.05) is 45.3 Å². The van der Waals surface area contributed by atoms with Gasteiger partial charge in [-0.3, -0.25) is 9.69 Å². The van der Waals surface area contributed by atoms with Crippen molar-refractivity contribution in [2.24, 2.45) is 0 Å². The quantitative estimate of drug-likeness (QED) is 0.845. The average molecular weight is 308 g/mol. The highest BCUT2D eigenvalue weighted by Gasteiger charge is 2.25.